The number of aromatic nitrogens is 1. The molecule has 1 N–H and O–H groups in total. The Bertz CT molecular complexity index is 612. The number of ether oxygens (including phenoxy) is 1. The Morgan fingerprint density at radius 3 is 2.68 bits per heavy atom. The van der Waals surface area contributed by atoms with E-state index in [0.717, 1.165) is 25.7 Å². The summed E-state index contributed by atoms with van der Waals surface area (Å²) in [6, 6.07) is 2.65. The molecule has 1 amide bonds. The highest BCUT2D eigenvalue weighted by molar-refractivity contribution is 7.90. The summed E-state index contributed by atoms with van der Waals surface area (Å²) in [5.74, 6) is -0.661. The molecule has 1 heterocycles. The van der Waals surface area contributed by atoms with Crippen molar-refractivity contribution in [3.63, 3.8) is 0 Å². The number of halogens is 1. The van der Waals surface area contributed by atoms with Gasteiger partial charge in [-0.1, -0.05) is 31.4 Å². The van der Waals surface area contributed by atoms with Gasteiger partial charge in [-0.05, 0) is 31.4 Å². The first-order valence-corrected chi connectivity index (χ1v) is 9.12. The Labute approximate surface area is 135 Å². The van der Waals surface area contributed by atoms with Gasteiger partial charge in [0, 0.05) is 6.20 Å². The highest BCUT2D eigenvalue weighted by atomic mass is 35.5. The molecule has 1 aliphatic rings. The van der Waals surface area contributed by atoms with Crippen molar-refractivity contribution in [1.29, 1.82) is 0 Å². The van der Waals surface area contributed by atoms with Crippen molar-refractivity contribution in [3.05, 3.63) is 23.4 Å². The van der Waals surface area contributed by atoms with Gasteiger partial charge < -0.3 is 4.74 Å². The molecule has 0 bridgehead atoms. The summed E-state index contributed by atoms with van der Waals surface area (Å²) >= 11 is 5.67. The standard InChI is InChI=1S/C14H19ClN2O4S/c1-2-12(21-11-5-3-4-6-11)14(18)17-22(19,20)13-8-7-10(15)9-16-13/h7-9,11-12H,2-6H2,1H3,(H,17,18)/t12-/m0/s1. The Kier molecular flexibility index (Phi) is 5.77. The van der Waals surface area contributed by atoms with Crippen molar-refractivity contribution in [2.24, 2.45) is 0 Å². The largest absolute Gasteiger partial charge is 0.365 e. The summed E-state index contributed by atoms with van der Waals surface area (Å²) in [4.78, 5) is 15.9. The summed E-state index contributed by atoms with van der Waals surface area (Å²) in [6.45, 7) is 1.78. The minimum atomic E-state index is -4.01. The Hall–Kier alpha value is -1.18. The third-order valence-electron chi connectivity index (χ3n) is 3.53. The molecule has 0 aliphatic heterocycles. The van der Waals surface area contributed by atoms with E-state index in [4.69, 9.17) is 16.3 Å². The van der Waals surface area contributed by atoms with Gasteiger partial charge >= 0.3 is 0 Å². The van der Waals surface area contributed by atoms with Crippen LogP contribution in [0.2, 0.25) is 5.02 Å². The molecule has 0 radical (unpaired) electrons. The van der Waals surface area contributed by atoms with Gasteiger partial charge in [0.15, 0.2) is 5.03 Å². The smallest absolute Gasteiger partial charge is 0.281 e. The maximum Gasteiger partial charge on any atom is 0.281 e. The van der Waals surface area contributed by atoms with E-state index in [0.29, 0.717) is 11.4 Å². The van der Waals surface area contributed by atoms with Crippen molar-refractivity contribution < 1.29 is 17.9 Å². The third-order valence-corrected chi connectivity index (χ3v) is 5.02. The number of amides is 1. The molecule has 1 fully saturated rings. The Balaban J connectivity index is 2.03. The molecule has 0 aromatic carbocycles. The predicted octanol–water partition coefficient (Wildman–Crippen LogP) is 2.28. The number of pyridine rings is 1. The highest BCUT2D eigenvalue weighted by Gasteiger charge is 2.28. The van der Waals surface area contributed by atoms with Crippen LogP contribution in [0.5, 0.6) is 0 Å². The summed E-state index contributed by atoms with van der Waals surface area (Å²) in [5.41, 5.74) is 0. The highest BCUT2D eigenvalue weighted by Crippen LogP contribution is 2.23. The van der Waals surface area contributed by atoms with E-state index >= 15 is 0 Å². The summed E-state index contributed by atoms with van der Waals surface area (Å²) < 4.78 is 32.0. The van der Waals surface area contributed by atoms with E-state index in [1.54, 1.807) is 6.92 Å². The quantitative estimate of drug-likeness (QED) is 0.854. The fourth-order valence-corrected chi connectivity index (χ4v) is 3.42. The first kappa shape index (κ1) is 17.2. The van der Waals surface area contributed by atoms with Crippen LogP contribution in [-0.2, 0) is 19.6 Å². The predicted molar refractivity (Wildman–Crippen MR) is 82.0 cm³/mol. The SMILES string of the molecule is CC[C@H](OC1CCCC1)C(=O)NS(=O)(=O)c1ccc(Cl)cn1. The Morgan fingerprint density at radius 1 is 1.45 bits per heavy atom. The van der Waals surface area contributed by atoms with Crippen LogP contribution in [0.15, 0.2) is 23.4 Å². The molecule has 8 heteroatoms. The first-order chi connectivity index (χ1) is 10.4. The zero-order valence-electron chi connectivity index (χ0n) is 12.3. The number of nitrogens with zero attached hydrogens (tertiary/aromatic N) is 1. The number of carbonyl (C=O) groups excluding carboxylic acids is 1. The molecule has 2 rings (SSSR count). The average Bonchev–Trinajstić information content (AvgIpc) is 2.97. The minimum absolute atomic E-state index is 0.0343. The van der Waals surface area contributed by atoms with Crippen LogP contribution in [0.3, 0.4) is 0 Å². The molecule has 6 nitrogen and oxygen atoms in total. The zero-order chi connectivity index (χ0) is 16.2. The molecule has 1 aromatic heterocycles. The van der Waals surface area contributed by atoms with Gasteiger partial charge in [0.05, 0.1) is 11.1 Å². The molecule has 0 saturated heterocycles. The third kappa shape index (κ3) is 4.41. The van der Waals surface area contributed by atoms with Crippen molar-refractivity contribution in [3.8, 4) is 0 Å². The lowest BCUT2D eigenvalue weighted by Gasteiger charge is -2.20. The van der Waals surface area contributed by atoms with Crippen LogP contribution < -0.4 is 4.72 Å². The van der Waals surface area contributed by atoms with E-state index in [1.165, 1.54) is 18.3 Å². The van der Waals surface area contributed by atoms with Gasteiger partial charge in [-0.25, -0.2) is 9.71 Å². The van der Waals surface area contributed by atoms with Gasteiger partial charge in [0.2, 0.25) is 0 Å². The summed E-state index contributed by atoms with van der Waals surface area (Å²) in [7, 11) is -4.01. The summed E-state index contributed by atoms with van der Waals surface area (Å²) in [5, 5.41) is 0.0715. The molecular weight excluding hydrogens is 328 g/mol. The van der Waals surface area contributed by atoms with Crippen LogP contribution in [0.4, 0.5) is 0 Å². The second-order valence-electron chi connectivity index (χ2n) is 5.22. The van der Waals surface area contributed by atoms with Gasteiger partial charge in [-0.15, -0.1) is 0 Å². The van der Waals surface area contributed by atoms with Gasteiger partial charge in [0.1, 0.15) is 6.10 Å². The van der Waals surface area contributed by atoms with E-state index in [1.807, 2.05) is 4.72 Å². The molecule has 1 atom stereocenters. The fourth-order valence-electron chi connectivity index (χ4n) is 2.37. The van der Waals surface area contributed by atoms with Crippen LogP contribution in [0.25, 0.3) is 0 Å². The normalized spacial score (nSPS) is 17.4. The first-order valence-electron chi connectivity index (χ1n) is 7.26. The van der Waals surface area contributed by atoms with Crippen molar-refractivity contribution >= 4 is 27.5 Å². The second kappa shape index (κ2) is 7.39. The lowest BCUT2D eigenvalue weighted by atomic mass is 10.2. The van der Waals surface area contributed by atoms with E-state index < -0.39 is 22.0 Å². The number of sulfonamides is 1. The number of hydrogen-bond donors (Lipinski definition) is 1. The average molecular weight is 347 g/mol. The molecule has 1 aliphatic carbocycles. The van der Waals surface area contributed by atoms with Gasteiger partial charge in [-0.2, -0.15) is 8.42 Å². The van der Waals surface area contributed by atoms with E-state index in [2.05, 4.69) is 4.98 Å². The molecule has 22 heavy (non-hydrogen) atoms. The molecule has 0 spiro atoms. The van der Waals surface area contributed by atoms with Gasteiger partial charge in [0.25, 0.3) is 15.9 Å². The number of hydrogen-bond acceptors (Lipinski definition) is 5. The van der Waals surface area contributed by atoms with Crippen LogP contribution >= 0.6 is 11.6 Å². The van der Waals surface area contributed by atoms with Crippen molar-refractivity contribution in [2.75, 3.05) is 0 Å². The fraction of sp³-hybridized carbons (Fsp3) is 0.571. The van der Waals surface area contributed by atoms with E-state index in [9.17, 15) is 13.2 Å². The molecule has 122 valence electrons. The van der Waals surface area contributed by atoms with Crippen LogP contribution in [0.1, 0.15) is 39.0 Å². The van der Waals surface area contributed by atoms with E-state index in [-0.39, 0.29) is 11.1 Å². The second-order valence-corrected chi connectivity index (χ2v) is 7.29. The molecule has 1 aromatic rings. The monoisotopic (exact) mass is 346 g/mol. The summed E-state index contributed by atoms with van der Waals surface area (Å²) in [6.07, 6.45) is 4.87. The number of carbonyl (C=O) groups is 1. The number of rotatable bonds is 6. The van der Waals surface area contributed by atoms with Crippen LogP contribution in [-0.4, -0.2) is 31.5 Å². The lowest BCUT2D eigenvalue weighted by Crippen LogP contribution is -2.41. The lowest BCUT2D eigenvalue weighted by molar-refractivity contribution is -0.134. The molecule has 0 unspecified atom stereocenters. The minimum Gasteiger partial charge on any atom is -0.365 e. The maximum atomic E-state index is 12.1. The topological polar surface area (TPSA) is 85.4 Å². The van der Waals surface area contributed by atoms with Crippen molar-refractivity contribution in [2.45, 2.75) is 56.3 Å². The zero-order valence-corrected chi connectivity index (χ0v) is 13.9. The maximum absolute atomic E-state index is 12.1. The molecular formula is C14H19ClN2O4S. The van der Waals surface area contributed by atoms with Crippen molar-refractivity contribution in [1.82, 2.24) is 9.71 Å². The van der Waals surface area contributed by atoms with Crippen LogP contribution in [0, 0.1) is 0 Å². The molecule has 1 saturated carbocycles. The Morgan fingerprint density at radius 2 is 2.14 bits per heavy atom. The number of nitrogens with one attached hydrogen (secondary N) is 1. The van der Waals surface area contributed by atoms with Gasteiger partial charge in [-0.3, -0.25) is 4.79 Å².